The van der Waals surface area contributed by atoms with Gasteiger partial charge in [-0.3, -0.25) is 14.5 Å². The van der Waals surface area contributed by atoms with Crippen LogP contribution in [0.15, 0.2) is 24.3 Å². The van der Waals surface area contributed by atoms with Gasteiger partial charge in [-0.2, -0.15) is 0 Å². The van der Waals surface area contributed by atoms with Crippen LogP contribution >= 0.6 is 0 Å². The fraction of sp³-hybridized carbons (Fsp3) is 0.556. The second kappa shape index (κ2) is 11.3. The number of piperazine rings is 1. The topological polar surface area (TPSA) is 73.2 Å². The van der Waals surface area contributed by atoms with Crippen molar-refractivity contribution in [2.75, 3.05) is 53.6 Å². The third kappa shape index (κ3) is 5.70. The van der Waals surface area contributed by atoms with Crippen molar-refractivity contribution < 1.29 is 23.8 Å². The number of hydrogen-bond acceptors (Lipinski definition) is 6. The maximum absolute atomic E-state index is 13.2. The molecule has 2 saturated heterocycles. The number of nitrogens with zero attached hydrogens (tertiary/aromatic N) is 3. The fourth-order valence-corrected chi connectivity index (χ4v) is 5.10. The highest BCUT2D eigenvalue weighted by Gasteiger charge is 2.31. The molecule has 2 fully saturated rings. The van der Waals surface area contributed by atoms with Crippen LogP contribution in [0.1, 0.15) is 40.2 Å². The Hall–Kier alpha value is -2.84. The molecule has 1 amide bonds. The molecular formula is C27H37N3O5. The van der Waals surface area contributed by atoms with Crippen LogP contribution in [-0.4, -0.2) is 85.7 Å². The maximum atomic E-state index is 13.2. The van der Waals surface area contributed by atoms with Gasteiger partial charge in [0, 0.05) is 56.3 Å². The first-order valence-corrected chi connectivity index (χ1v) is 12.4. The molecule has 0 bridgehead atoms. The minimum absolute atomic E-state index is 0.103. The Balaban J connectivity index is 1.33. The van der Waals surface area contributed by atoms with Crippen LogP contribution < -0.4 is 9.47 Å². The molecule has 8 nitrogen and oxygen atoms in total. The molecule has 3 heterocycles. The molecule has 1 unspecified atom stereocenters. The number of Topliss-reactive ketones (excluding diaryl/α,β-unsaturated/α-hetero) is 1. The van der Waals surface area contributed by atoms with E-state index in [1.54, 1.807) is 14.2 Å². The number of hydrogen-bond donors (Lipinski definition) is 0. The average Bonchev–Trinajstić information content (AvgIpc) is 3.51. The van der Waals surface area contributed by atoms with Gasteiger partial charge in [-0.05, 0) is 56.9 Å². The Bertz CT molecular complexity index is 1050. The summed E-state index contributed by atoms with van der Waals surface area (Å²) in [6, 6.07) is 7.98. The minimum atomic E-state index is -0.271. The summed E-state index contributed by atoms with van der Waals surface area (Å²) in [5, 5.41) is 0. The monoisotopic (exact) mass is 483 g/mol. The van der Waals surface area contributed by atoms with Gasteiger partial charge in [0.05, 0.1) is 20.8 Å². The molecule has 2 aliphatic rings. The molecule has 1 aromatic heterocycles. The Morgan fingerprint density at radius 1 is 1.03 bits per heavy atom. The highest BCUT2D eigenvalue weighted by molar-refractivity contribution is 5.99. The Kier molecular flexibility index (Phi) is 8.13. The van der Waals surface area contributed by atoms with E-state index in [4.69, 9.17) is 14.2 Å². The van der Waals surface area contributed by atoms with Crippen LogP contribution in [0, 0.1) is 13.8 Å². The van der Waals surface area contributed by atoms with Gasteiger partial charge in [0.2, 0.25) is 0 Å². The number of carbonyl (C=O) groups is 2. The highest BCUT2D eigenvalue weighted by atomic mass is 16.5. The van der Waals surface area contributed by atoms with Crippen LogP contribution in [0.25, 0.3) is 0 Å². The molecule has 2 aliphatic heterocycles. The SMILES string of the molecule is COc1ccc(CCn2c(C)cc(C(=O)CN3CCN(C(=O)C4CCCO4)CC3)c2C)cc1OC. The van der Waals surface area contributed by atoms with E-state index >= 15 is 0 Å². The molecule has 0 N–H and O–H groups in total. The maximum Gasteiger partial charge on any atom is 0.251 e. The summed E-state index contributed by atoms with van der Waals surface area (Å²) < 4.78 is 18.5. The summed E-state index contributed by atoms with van der Waals surface area (Å²) >= 11 is 0. The minimum Gasteiger partial charge on any atom is -0.493 e. The predicted octanol–water partition coefficient (Wildman–Crippen LogP) is 2.87. The zero-order valence-electron chi connectivity index (χ0n) is 21.3. The van der Waals surface area contributed by atoms with Gasteiger partial charge in [0.15, 0.2) is 17.3 Å². The van der Waals surface area contributed by atoms with Gasteiger partial charge in [-0.15, -0.1) is 0 Å². The Morgan fingerprint density at radius 2 is 1.77 bits per heavy atom. The number of ether oxygens (including phenoxy) is 3. The first-order valence-electron chi connectivity index (χ1n) is 12.4. The number of aromatic nitrogens is 1. The van der Waals surface area contributed by atoms with Gasteiger partial charge in [0.1, 0.15) is 6.10 Å². The lowest BCUT2D eigenvalue weighted by molar-refractivity contribution is -0.142. The molecule has 190 valence electrons. The summed E-state index contributed by atoms with van der Waals surface area (Å²) in [6.45, 7) is 8.63. The van der Waals surface area contributed by atoms with Crippen molar-refractivity contribution in [3.05, 3.63) is 46.8 Å². The van der Waals surface area contributed by atoms with Crippen molar-refractivity contribution in [3.63, 3.8) is 0 Å². The average molecular weight is 484 g/mol. The zero-order chi connectivity index (χ0) is 24.9. The Morgan fingerprint density at radius 3 is 2.43 bits per heavy atom. The van der Waals surface area contributed by atoms with Gasteiger partial charge >= 0.3 is 0 Å². The van der Waals surface area contributed by atoms with E-state index in [1.165, 1.54) is 0 Å². The van der Waals surface area contributed by atoms with Gasteiger partial charge in [-0.25, -0.2) is 0 Å². The number of amides is 1. The molecule has 1 aromatic carbocycles. The summed E-state index contributed by atoms with van der Waals surface area (Å²) in [5.41, 5.74) is 4.02. The smallest absolute Gasteiger partial charge is 0.251 e. The molecule has 2 aromatic rings. The Labute approximate surface area is 207 Å². The van der Waals surface area contributed by atoms with Crippen molar-refractivity contribution in [1.82, 2.24) is 14.4 Å². The standard InChI is InChI=1S/C27H37N3O5/c1-19-16-22(20(2)30(19)10-9-21-7-8-24(33-3)26(17-21)34-4)23(31)18-28-11-13-29(14-12-28)27(32)25-6-5-15-35-25/h7-8,16-17,25H,5-6,9-15,18H2,1-4H3. The third-order valence-electron chi connectivity index (χ3n) is 7.20. The van der Waals surface area contributed by atoms with Crippen molar-refractivity contribution >= 4 is 11.7 Å². The van der Waals surface area contributed by atoms with E-state index in [-0.39, 0.29) is 17.8 Å². The van der Waals surface area contributed by atoms with Crippen LogP contribution in [0.2, 0.25) is 0 Å². The molecule has 1 atom stereocenters. The lowest BCUT2D eigenvalue weighted by atomic mass is 10.1. The second-order valence-corrected chi connectivity index (χ2v) is 9.40. The summed E-state index contributed by atoms with van der Waals surface area (Å²) in [5.74, 6) is 1.68. The summed E-state index contributed by atoms with van der Waals surface area (Å²) in [4.78, 5) is 29.8. The fourth-order valence-electron chi connectivity index (χ4n) is 5.10. The first kappa shape index (κ1) is 25.3. The molecule has 8 heteroatoms. The number of carbonyl (C=O) groups excluding carboxylic acids is 2. The van der Waals surface area contributed by atoms with Crippen LogP contribution in [0.4, 0.5) is 0 Å². The quantitative estimate of drug-likeness (QED) is 0.511. The van der Waals surface area contributed by atoms with E-state index in [9.17, 15) is 9.59 Å². The number of benzene rings is 1. The van der Waals surface area contributed by atoms with Crippen LogP contribution in [0.5, 0.6) is 11.5 Å². The van der Waals surface area contributed by atoms with Gasteiger partial charge < -0.3 is 23.7 Å². The number of methoxy groups -OCH3 is 2. The van der Waals surface area contributed by atoms with Crippen LogP contribution in [0.3, 0.4) is 0 Å². The van der Waals surface area contributed by atoms with Crippen molar-refractivity contribution in [1.29, 1.82) is 0 Å². The molecule has 35 heavy (non-hydrogen) atoms. The summed E-state index contributed by atoms with van der Waals surface area (Å²) in [7, 11) is 3.27. The van der Waals surface area contributed by atoms with Crippen LogP contribution in [-0.2, 0) is 22.5 Å². The van der Waals surface area contributed by atoms with Crippen molar-refractivity contribution in [2.24, 2.45) is 0 Å². The third-order valence-corrected chi connectivity index (χ3v) is 7.20. The second-order valence-electron chi connectivity index (χ2n) is 9.40. The van der Waals surface area contributed by atoms with Crippen molar-refractivity contribution in [3.8, 4) is 11.5 Å². The van der Waals surface area contributed by atoms with E-state index in [1.807, 2.05) is 43.0 Å². The molecule has 0 spiro atoms. The van der Waals surface area contributed by atoms with Gasteiger partial charge in [-0.1, -0.05) is 6.07 Å². The number of rotatable bonds is 9. The largest absolute Gasteiger partial charge is 0.493 e. The molecule has 4 rings (SSSR count). The van der Waals surface area contributed by atoms with E-state index < -0.39 is 0 Å². The first-order chi connectivity index (χ1) is 16.9. The lowest BCUT2D eigenvalue weighted by Gasteiger charge is -2.35. The molecule has 0 saturated carbocycles. The van der Waals surface area contributed by atoms with Gasteiger partial charge in [0.25, 0.3) is 5.91 Å². The number of ketones is 1. The normalized spacial score (nSPS) is 18.6. The predicted molar refractivity (Wildman–Crippen MR) is 133 cm³/mol. The molecule has 0 radical (unpaired) electrons. The zero-order valence-corrected chi connectivity index (χ0v) is 21.3. The number of aryl methyl sites for hydroxylation is 2. The van der Waals surface area contributed by atoms with E-state index in [2.05, 4.69) is 9.47 Å². The van der Waals surface area contributed by atoms with E-state index in [0.717, 1.165) is 59.8 Å². The highest BCUT2D eigenvalue weighted by Crippen LogP contribution is 2.28. The van der Waals surface area contributed by atoms with E-state index in [0.29, 0.717) is 39.3 Å². The van der Waals surface area contributed by atoms with Crippen molar-refractivity contribution in [2.45, 2.75) is 45.8 Å². The lowest BCUT2D eigenvalue weighted by Crippen LogP contribution is -2.52. The molecule has 0 aliphatic carbocycles. The molecular weight excluding hydrogens is 446 g/mol. The summed E-state index contributed by atoms with van der Waals surface area (Å²) in [6.07, 6.45) is 2.33.